The first-order chi connectivity index (χ1) is 16.9. The number of guanidine groups is 1. The lowest BCUT2D eigenvalue weighted by molar-refractivity contribution is -0.153. The largest absolute Gasteiger partial charge is 0.508 e. The standard InChI is InChI=1S/C23H32N6O6S/c1-13-5-7-29(18(9-13)22(32)33)21(31)17(4-3-6-26-23(24)25)28-36(34,35)19-11-16(30)10-15-8-14(2)12-27-20(15)19/h8,10-13,17-18,28,30H,3-7,9H2,1-2H3,(H,32,33)(H4,24,25,26)/t13-,17-,18-/m0/s1. The highest BCUT2D eigenvalue weighted by atomic mass is 32.2. The van der Waals surface area contributed by atoms with Gasteiger partial charge in [0, 0.05) is 30.7 Å². The molecule has 13 heteroatoms. The number of aromatic nitrogens is 1. The summed E-state index contributed by atoms with van der Waals surface area (Å²) in [4.78, 5) is 34.4. The summed E-state index contributed by atoms with van der Waals surface area (Å²) < 4.78 is 29.4. The summed E-state index contributed by atoms with van der Waals surface area (Å²) in [6.07, 6.45) is 2.66. The van der Waals surface area contributed by atoms with Gasteiger partial charge in [0.15, 0.2) is 5.96 Å². The second-order valence-electron chi connectivity index (χ2n) is 9.17. The van der Waals surface area contributed by atoms with E-state index in [-0.39, 0.29) is 60.4 Å². The number of aryl methyl sites for hydroxylation is 1. The Morgan fingerprint density at radius 3 is 2.69 bits per heavy atom. The fourth-order valence-corrected chi connectivity index (χ4v) is 5.76. The minimum absolute atomic E-state index is 0.0243. The van der Waals surface area contributed by atoms with Gasteiger partial charge in [0.1, 0.15) is 22.7 Å². The van der Waals surface area contributed by atoms with Gasteiger partial charge in [0.25, 0.3) is 0 Å². The number of rotatable bonds is 9. The van der Waals surface area contributed by atoms with Crippen molar-refractivity contribution in [3.8, 4) is 5.75 Å². The van der Waals surface area contributed by atoms with Crippen LogP contribution in [0.4, 0.5) is 0 Å². The molecule has 0 unspecified atom stereocenters. The maximum atomic E-state index is 13.5. The molecule has 196 valence electrons. The van der Waals surface area contributed by atoms with Crippen molar-refractivity contribution in [2.75, 3.05) is 13.1 Å². The van der Waals surface area contributed by atoms with Crippen molar-refractivity contribution in [1.82, 2.24) is 14.6 Å². The number of aliphatic imine (C=N–C) groups is 1. The Bertz CT molecular complexity index is 1270. The topological polar surface area (TPSA) is 201 Å². The number of piperidine rings is 1. The van der Waals surface area contributed by atoms with Crippen LogP contribution in [-0.2, 0) is 19.6 Å². The molecular weight excluding hydrogens is 488 g/mol. The number of carboxylic acid groups (broad SMARTS) is 1. The molecule has 0 radical (unpaired) electrons. The molecule has 36 heavy (non-hydrogen) atoms. The fraction of sp³-hybridized carbons (Fsp3) is 0.478. The number of nitrogens with zero attached hydrogens (tertiary/aromatic N) is 3. The third kappa shape index (κ3) is 6.40. The predicted octanol–water partition coefficient (Wildman–Crippen LogP) is 0.661. The first-order valence-corrected chi connectivity index (χ1v) is 13.1. The van der Waals surface area contributed by atoms with E-state index in [9.17, 15) is 28.2 Å². The second kappa shape index (κ2) is 11.1. The van der Waals surface area contributed by atoms with Crippen LogP contribution >= 0.6 is 0 Å². The predicted molar refractivity (Wildman–Crippen MR) is 134 cm³/mol. The van der Waals surface area contributed by atoms with Gasteiger partial charge in [-0.2, -0.15) is 4.72 Å². The van der Waals surface area contributed by atoms with Crippen LogP contribution in [0, 0.1) is 12.8 Å². The number of phenolic OH excluding ortho intramolecular Hbond substituents is 1. The number of fused-ring (bicyclic) bond motifs is 1. The van der Waals surface area contributed by atoms with Gasteiger partial charge in [0.2, 0.25) is 15.9 Å². The number of carbonyl (C=O) groups excluding carboxylic acids is 1. The molecule has 0 saturated carbocycles. The Kier molecular flexibility index (Phi) is 8.35. The van der Waals surface area contributed by atoms with E-state index in [1.165, 1.54) is 17.2 Å². The Morgan fingerprint density at radius 2 is 2.03 bits per heavy atom. The molecule has 7 N–H and O–H groups in total. The molecule has 12 nitrogen and oxygen atoms in total. The van der Waals surface area contributed by atoms with Gasteiger partial charge >= 0.3 is 5.97 Å². The lowest BCUT2D eigenvalue weighted by atomic mass is 9.91. The molecular formula is C23H32N6O6S. The van der Waals surface area contributed by atoms with E-state index < -0.39 is 34.0 Å². The van der Waals surface area contributed by atoms with E-state index in [0.29, 0.717) is 11.8 Å². The summed E-state index contributed by atoms with van der Waals surface area (Å²) in [5.74, 6) is -2.09. The van der Waals surface area contributed by atoms with Crippen LogP contribution in [0.2, 0.25) is 0 Å². The van der Waals surface area contributed by atoms with Crippen LogP contribution in [0.1, 0.15) is 38.2 Å². The van der Waals surface area contributed by atoms with E-state index in [2.05, 4.69) is 14.7 Å². The number of pyridine rings is 1. The quantitative estimate of drug-likeness (QED) is 0.179. The van der Waals surface area contributed by atoms with Crippen LogP contribution in [0.15, 0.2) is 34.3 Å². The number of hydrogen-bond donors (Lipinski definition) is 5. The van der Waals surface area contributed by atoms with Crippen LogP contribution in [0.25, 0.3) is 10.9 Å². The Labute approximate surface area is 209 Å². The highest BCUT2D eigenvalue weighted by Crippen LogP contribution is 2.28. The number of benzene rings is 1. The van der Waals surface area contributed by atoms with Gasteiger partial charge in [-0.3, -0.25) is 14.8 Å². The number of nitrogens with two attached hydrogens (primary N) is 2. The fourth-order valence-electron chi connectivity index (χ4n) is 4.34. The smallest absolute Gasteiger partial charge is 0.326 e. The minimum Gasteiger partial charge on any atom is -0.508 e. The number of carboxylic acids is 1. The number of amides is 1. The van der Waals surface area contributed by atoms with Crippen LogP contribution in [-0.4, -0.2) is 71.5 Å². The third-order valence-electron chi connectivity index (χ3n) is 6.13. The zero-order valence-electron chi connectivity index (χ0n) is 20.2. The van der Waals surface area contributed by atoms with Crippen LogP contribution in [0.5, 0.6) is 5.75 Å². The number of nitrogens with one attached hydrogen (secondary N) is 1. The summed E-state index contributed by atoms with van der Waals surface area (Å²) >= 11 is 0. The summed E-state index contributed by atoms with van der Waals surface area (Å²) in [7, 11) is -4.36. The number of likely N-dealkylation sites (tertiary alicyclic amines) is 1. The van der Waals surface area contributed by atoms with E-state index in [1.54, 1.807) is 13.0 Å². The monoisotopic (exact) mass is 520 g/mol. The minimum atomic E-state index is -4.36. The number of aliphatic carboxylic acids is 1. The number of carbonyl (C=O) groups is 2. The molecule has 1 aliphatic rings. The van der Waals surface area contributed by atoms with E-state index in [0.717, 1.165) is 11.6 Å². The molecule has 0 aliphatic carbocycles. The van der Waals surface area contributed by atoms with E-state index in [1.807, 2.05) is 6.92 Å². The van der Waals surface area contributed by atoms with Gasteiger partial charge in [0.05, 0.1) is 5.52 Å². The number of hydrogen-bond acceptors (Lipinski definition) is 7. The molecule has 1 aliphatic heterocycles. The van der Waals surface area contributed by atoms with E-state index >= 15 is 0 Å². The number of aromatic hydroxyl groups is 1. The number of phenols is 1. The highest BCUT2D eigenvalue weighted by molar-refractivity contribution is 7.89. The van der Waals surface area contributed by atoms with Gasteiger partial charge in [-0.15, -0.1) is 0 Å². The van der Waals surface area contributed by atoms with Gasteiger partial charge in [-0.25, -0.2) is 13.2 Å². The summed E-state index contributed by atoms with van der Waals surface area (Å²) in [6.45, 7) is 4.05. The van der Waals surface area contributed by atoms with Crippen molar-refractivity contribution in [2.45, 2.75) is 56.5 Å². The zero-order valence-corrected chi connectivity index (χ0v) is 21.0. The molecule has 1 amide bonds. The molecule has 1 aromatic carbocycles. The molecule has 0 bridgehead atoms. The second-order valence-corrected chi connectivity index (χ2v) is 10.8. The summed E-state index contributed by atoms with van der Waals surface area (Å²) in [6, 6.07) is 1.82. The van der Waals surface area contributed by atoms with E-state index in [4.69, 9.17) is 11.5 Å². The summed E-state index contributed by atoms with van der Waals surface area (Å²) in [5, 5.41) is 20.3. The lowest BCUT2D eigenvalue weighted by Gasteiger charge is -2.38. The summed E-state index contributed by atoms with van der Waals surface area (Å²) in [5.41, 5.74) is 11.6. The first kappa shape index (κ1) is 27.1. The van der Waals surface area contributed by atoms with Gasteiger partial charge in [-0.05, 0) is 56.2 Å². The zero-order chi connectivity index (χ0) is 26.6. The molecule has 0 spiro atoms. The molecule has 1 fully saturated rings. The molecule has 3 atom stereocenters. The van der Waals surface area contributed by atoms with Gasteiger partial charge < -0.3 is 26.6 Å². The average Bonchev–Trinajstić information content (AvgIpc) is 2.79. The Hall–Kier alpha value is -3.45. The Morgan fingerprint density at radius 1 is 1.31 bits per heavy atom. The van der Waals surface area contributed by atoms with Crippen molar-refractivity contribution in [3.63, 3.8) is 0 Å². The third-order valence-corrected chi connectivity index (χ3v) is 7.62. The first-order valence-electron chi connectivity index (χ1n) is 11.6. The molecule has 1 aromatic heterocycles. The van der Waals surface area contributed by atoms with Crippen molar-refractivity contribution in [1.29, 1.82) is 0 Å². The highest BCUT2D eigenvalue weighted by Gasteiger charge is 2.39. The average molecular weight is 521 g/mol. The normalized spacial score (nSPS) is 19.1. The van der Waals surface area contributed by atoms with Crippen molar-refractivity contribution >= 4 is 38.8 Å². The SMILES string of the molecule is Cc1cnc2c(S(=O)(=O)N[C@@H](CCCN=C(N)N)C(=O)N3CC[C@H](C)C[C@H]3C(=O)O)cc(O)cc2c1. The maximum absolute atomic E-state index is 13.5. The van der Waals surface area contributed by atoms with Crippen molar-refractivity contribution < 1.29 is 28.2 Å². The van der Waals surface area contributed by atoms with Crippen LogP contribution < -0.4 is 16.2 Å². The van der Waals surface area contributed by atoms with Crippen molar-refractivity contribution in [2.24, 2.45) is 22.4 Å². The Balaban J connectivity index is 1.96. The van der Waals surface area contributed by atoms with Gasteiger partial charge in [-0.1, -0.05) is 6.92 Å². The maximum Gasteiger partial charge on any atom is 0.326 e. The van der Waals surface area contributed by atoms with Crippen molar-refractivity contribution in [3.05, 3.63) is 30.0 Å². The molecule has 2 heterocycles. The molecule has 3 rings (SSSR count). The lowest BCUT2D eigenvalue weighted by Crippen LogP contribution is -2.56. The molecule has 1 saturated heterocycles. The van der Waals surface area contributed by atoms with Crippen LogP contribution in [0.3, 0.4) is 0 Å². The number of sulfonamides is 1. The molecule has 2 aromatic rings.